The third-order valence-corrected chi connectivity index (χ3v) is 5.09. The van der Waals surface area contributed by atoms with Crippen LogP contribution in [-0.2, 0) is 4.74 Å². The lowest BCUT2D eigenvalue weighted by Crippen LogP contribution is -2.39. The first-order valence-corrected chi connectivity index (χ1v) is 9.03. The van der Waals surface area contributed by atoms with Crippen LogP contribution >= 0.6 is 0 Å². The Labute approximate surface area is 140 Å². The van der Waals surface area contributed by atoms with Gasteiger partial charge in [0.25, 0.3) is 0 Å². The standard InChI is InChI=1S/C19H31NO3/c1-3-5-15(6-4-2)14-23-19(22)20-10-7-16(8-11-20)18-13-17(18)9-12-21/h3,5-6,16-18,21H,4,7-14H2,1-2H3/b5-3-,15-6+. The van der Waals surface area contributed by atoms with Crippen LogP contribution in [-0.4, -0.2) is 42.4 Å². The van der Waals surface area contributed by atoms with Gasteiger partial charge in [0.2, 0.25) is 0 Å². The zero-order valence-electron chi connectivity index (χ0n) is 14.5. The van der Waals surface area contributed by atoms with Gasteiger partial charge in [0.15, 0.2) is 0 Å². The van der Waals surface area contributed by atoms with E-state index in [9.17, 15) is 4.79 Å². The molecular formula is C19H31NO3. The smallest absolute Gasteiger partial charge is 0.410 e. The molecule has 1 heterocycles. The van der Waals surface area contributed by atoms with Crippen molar-refractivity contribution in [1.29, 1.82) is 0 Å². The molecule has 4 heteroatoms. The number of likely N-dealkylation sites (tertiary alicyclic amines) is 1. The Balaban J connectivity index is 1.70. The van der Waals surface area contributed by atoms with Crippen molar-refractivity contribution < 1.29 is 14.6 Å². The van der Waals surface area contributed by atoms with Crippen LogP contribution in [0.15, 0.2) is 23.8 Å². The van der Waals surface area contributed by atoms with Crippen LogP contribution in [0.5, 0.6) is 0 Å². The van der Waals surface area contributed by atoms with Crippen molar-refractivity contribution in [2.45, 2.75) is 46.0 Å². The van der Waals surface area contributed by atoms with Gasteiger partial charge in [0, 0.05) is 19.7 Å². The number of carbonyl (C=O) groups is 1. The first kappa shape index (κ1) is 18.1. The van der Waals surface area contributed by atoms with Gasteiger partial charge >= 0.3 is 6.09 Å². The van der Waals surface area contributed by atoms with E-state index in [-0.39, 0.29) is 6.09 Å². The average Bonchev–Trinajstić information content (AvgIpc) is 3.32. The summed E-state index contributed by atoms with van der Waals surface area (Å²) < 4.78 is 5.45. The molecule has 2 unspecified atom stereocenters. The van der Waals surface area contributed by atoms with Gasteiger partial charge in [-0.1, -0.05) is 25.2 Å². The van der Waals surface area contributed by atoms with E-state index in [1.165, 1.54) is 6.42 Å². The molecule has 23 heavy (non-hydrogen) atoms. The van der Waals surface area contributed by atoms with Crippen molar-refractivity contribution >= 4 is 6.09 Å². The summed E-state index contributed by atoms with van der Waals surface area (Å²) in [6.07, 6.45) is 11.2. The highest BCUT2D eigenvalue weighted by Gasteiger charge is 2.43. The van der Waals surface area contributed by atoms with Gasteiger partial charge in [-0.2, -0.15) is 0 Å². The Hall–Kier alpha value is -1.29. The third kappa shape index (κ3) is 5.38. The second kappa shape index (κ2) is 9.11. The molecule has 2 aliphatic rings. The summed E-state index contributed by atoms with van der Waals surface area (Å²) in [5.74, 6) is 2.24. The fourth-order valence-electron chi connectivity index (χ4n) is 3.74. The van der Waals surface area contributed by atoms with Gasteiger partial charge in [0.05, 0.1) is 0 Å². The molecule has 1 saturated heterocycles. The molecule has 2 rings (SSSR count). The monoisotopic (exact) mass is 321 g/mol. The number of aliphatic hydroxyl groups is 1. The lowest BCUT2D eigenvalue weighted by atomic mass is 9.91. The molecule has 1 saturated carbocycles. The minimum atomic E-state index is -0.183. The number of amides is 1. The van der Waals surface area contributed by atoms with Gasteiger partial charge in [-0.25, -0.2) is 4.79 Å². The summed E-state index contributed by atoms with van der Waals surface area (Å²) in [7, 11) is 0. The van der Waals surface area contributed by atoms with Crippen LogP contribution in [0.3, 0.4) is 0 Å². The zero-order valence-corrected chi connectivity index (χ0v) is 14.5. The molecule has 0 aromatic carbocycles. The minimum Gasteiger partial charge on any atom is -0.445 e. The molecule has 4 nitrogen and oxygen atoms in total. The van der Waals surface area contributed by atoms with Crippen LogP contribution < -0.4 is 0 Å². The van der Waals surface area contributed by atoms with Crippen LogP contribution in [0.1, 0.15) is 46.0 Å². The lowest BCUT2D eigenvalue weighted by molar-refractivity contribution is 0.0916. The molecule has 1 aliphatic heterocycles. The van der Waals surface area contributed by atoms with Crippen LogP contribution in [0, 0.1) is 17.8 Å². The lowest BCUT2D eigenvalue weighted by Gasteiger charge is -2.31. The molecule has 0 aromatic heterocycles. The molecule has 0 aromatic rings. The summed E-state index contributed by atoms with van der Waals surface area (Å²) in [5.41, 5.74) is 1.06. The maximum Gasteiger partial charge on any atom is 0.410 e. The number of aliphatic hydroxyl groups excluding tert-OH is 1. The molecule has 1 N–H and O–H groups in total. The Morgan fingerprint density at radius 1 is 1.35 bits per heavy atom. The average molecular weight is 321 g/mol. The molecule has 1 amide bonds. The largest absolute Gasteiger partial charge is 0.445 e. The number of rotatable bonds is 7. The summed E-state index contributed by atoms with van der Waals surface area (Å²) >= 11 is 0. The van der Waals surface area contributed by atoms with Crippen molar-refractivity contribution in [3.8, 4) is 0 Å². The maximum absolute atomic E-state index is 12.2. The van der Waals surface area contributed by atoms with E-state index < -0.39 is 0 Å². The van der Waals surface area contributed by atoms with E-state index in [4.69, 9.17) is 9.84 Å². The Morgan fingerprint density at radius 3 is 2.70 bits per heavy atom. The molecule has 0 spiro atoms. The van der Waals surface area contributed by atoms with Crippen molar-refractivity contribution in [3.63, 3.8) is 0 Å². The first-order valence-electron chi connectivity index (χ1n) is 9.03. The quantitative estimate of drug-likeness (QED) is 0.726. The zero-order chi connectivity index (χ0) is 16.7. The predicted molar refractivity (Wildman–Crippen MR) is 92.1 cm³/mol. The van der Waals surface area contributed by atoms with Gasteiger partial charge < -0.3 is 14.7 Å². The number of carbonyl (C=O) groups excluding carboxylic acids is 1. The molecule has 0 radical (unpaired) electrons. The molecule has 2 atom stereocenters. The van der Waals surface area contributed by atoms with Crippen molar-refractivity contribution in [2.75, 3.05) is 26.3 Å². The number of hydrogen-bond donors (Lipinski definition) is 1. The van der Waals surface area contributed by atoms with Crippen LogP contribution in [0.4, 0.5) is 4.79 Å². The first-order chi connectivity index (χ1) is 11.2. The highest BCUT2D eigenvalue weighted by molar-refractivity contribution is 5.68. The molecule has 0 bridgehead atoms. The molecule has 2 fully saturated rings. The van der Waals surface area contributed by atoms with E-state index in [1.54, 1.807) is 0 Å². The second-order valence-electron chi connectivity index (χ2n) is 6.74. The fraction of sp³-hybridized carbons (Fsp3) is 0.737. The highest BCUT2D eigenvalue weighted by atomic mass is 16.6. The topological polar surface area (TPSA) is 49.8 Å². The Morgan fingerprint density at radius 2 is 2.09 bits per heavy atom. The summed E-state index contributed by atoms with van der Waals surface area (Å²) in [6, 6.07) is 0. The molecule has 1 aliphatic carbocycles. The number of nitrogens with zero attached hydrogens (tertiary/aromatic N) is 1. The minimum absolute atomic E-state index is 0.183. The van der Waals surface area contributed by atoms with E-state index in [1.807, 2.05) is 24.0 Å². The normalized spacial score (nSPS) is 25.9. The number of hydrogen-bond acceptors (Lipinski definition) is 3. The van der Waals surface area contributed by atoms with E-state index in [0.29, 0.717) is 13.2 Å². The van der Waals surface area contributed by atoms with E-state index in [0.717, 1.165) is 62.1 Å². The Bertz CT molecular complexity index is 436. The van der Waals surface area contributed by atoms with Gasteiger partial charge in [-0.3, -0.25) is 0 Å². The van der Waals surface area contributed by atoms with Gasteiger partial charge in [-0.15, -0.1) is 0 Å². The second-order valence-corrected chi connectivity index (χ2v) is 6.74. The summed E-state index contributed by atoms with van der Waals surface area (Å²) in [5, 5.41) is 9.01. The highest BCUT2D eigenvalue weighted by Crippen LogP contribution is 2.49. The van der Waals surface area contributed by atoms with E-state index in [2.05, 4.69) is 13.0 Å². The van der Waals surface area contributed by atoms with Crippen LogP contribution in [0.2, 0.25) is 0 Å². The third-order valence-electron chi connectivity index (χ3n) is 5.09. The number of ether oxygens (including phenoxy) is 1. The Kier molecular flexibility index (Phi) is 7.15. The number of piperidine rings is 1. The fourth-order valence-corrected chi connectivity index (χ4v) is 3.74. The van der Waals surface area contributed by atoms with Crippen LogP contribution in [0.25, 0.3) is 0 Å². The maximum atomic E-state index is 12.2. The summed E-state index contributed by atoms with van der Waals surface area (Å²) in [4.78, 5) is 14.0. The number of allylic oxidation sites excluding steroid dienone is 2. The van der Waals surface area contributed by atoms with Crippen molar-refractivity contribution in [1.82, 2.24) is 4.90 Å². The van der Waals surface area contributed by atoms with Gasteiger partial charge in [-0.05, 0) is 62.4 Å². The van der Waals surface area contributed by atoms with E-state index >= 15 is 0 Å². The predicted octanol–water partition coefficient (Wildman–Crippen LogP) is 3.77. The molecule has 130 valence electrons. The molecular weight excluding hydrogens is 290 g/mol. The SMILES string of the molecule is C/C=C\C(=C/CC)COC(=O)N1CCC(C2CC2CCO)CC1. The van der Waals surface area contributed by atoms with Gasteiger partial charge in [0.1, 0.15) is 6.61 Å². The summed E-state index contributed by atoms with van der Waals surface area (Å²) in [6.45, 7) is 6.34. The van der Waals surface area contributed by atoms with Crippen molar-refractivity contribution in [3.05, 3.63) is 23.8 Å². The van der Waals surface area contributed by atoms with Crippen molar-refractivity contribution in [2.24, 2.45) is 17.8 Å².